The van der Waals surface area contributed by atoms with Gasteiger partial charge in [0.25, 0.3) is 0 Å². The highest BCUT2D eigenvalue weighted by Crippen LogP contribution is 2.33. The molecule has 1 unspecified atom stereocenters. The van der Waals surface area contributed by atoms with Crippen molar-refractivity contribution < 1.29 is 27.8 Å². The SMILES string of the molecule is C=CCCOc1ccc(COc2ccc(-c3ccc(-c4ccc(C(O)CCC)cc4)c(F)c3F)cc2)c(F)c1. The Kier molecular flexibility index (Phi) is 9.45. The molecule has 0 saturated carbocycles. The molecule has 0 amide bonds. The van der Waals surface area contributed by atoms with E-state index in [0.717, 1.165) is 12.0 Å². The smallest absolute Gasteiger partial charge is 0.167 e. The predicted molar refractivity (Wildman–Crippen MR) is 148 cm³/mol. The maximum atomic E-state index is 15.1. The van der Waals surface area contributed by atoms with E-state index in [2.05, 4.69) is 6.58 Å². The molecule has 39 heavy (non-hydrogen) atoms. The Labute approximate surface area is 227 Å². The van der Waals surface area contributed by atoms with E-state index in [-0.39, 0.29) is 17.7 Å². The first-order valence-corrected chi connectivity index (χ1v) is 12.9. The average Bonchev–Trinajstić information content (AvgIpc) is 2.95. The number of hydrogen-bond donors (Lipinski definition) is 1. The highest BCUT2D eigenvalue weighted by atomic mass is 19.2. The van der Waals surface area contributed by atoms with Crippen LogP contribution in [-0.2, 0) is 6.61 Å². The lowest BCUT2D eigenvalue weighted by molar-refractivity contribution is 0.166. The summed E-state index contributed by atoms with van der Waals surface area (Å²) in [5.41, 5.74) is 2.39. The van der Waals surface area contributed by atoms with Gasteiger partial charge in [0.2, 0.25) is 0 Å². The molecule has 0 aliphatic carbocycles. The molecule has 3 nitrogen and oxygen atoms in total. The van der Waals surface area contributed by atoms with Crippen molar-refractivity contribution in [2.24, 2.45) is 0 Å². The number of rotatable bonds is 12. The zero-order chi connectivity index (χ0) is 27.8. The zero-order valence-electron chi connectivity index (χ0n) is 21.8. The standard InChI is InChI=1S/C33H31F3O3/c1-3-5-19-38-27-16-13-25(30(34)20-27)21-39-26-14-11-23(12-15-26)29-18-17-28(32(35)33(29)36)22-7-9-24(10-8-22)31(37)6-4-2/h3,7-18,20,31,37H,1,4-6,19,21H2,2H3. The minimum atomic E-state index is -0.950. The Hall–Kier alpha value is -4.03. The van der Waals surface area contributed by atoms with Crippen LogP contribution in [0, 0.1) is 17.5 Å². The van der Waals surface area contributed by atoms with Gasteiger partial charge in [0.1, 0.15) is 23.9 Å². The van der Waals surface area contributed by atoms with Gasteiger partial charge in [-0.05, 0) is 53.8 Å². The topological polar surface area (TPSA) is 38.7 Å². The molecule has 0 aliphatic heterocycles. The molecular formula is C33H31F3O3. The second-order valence-corrected chi connectivity index (χ2v) is 9.21. The summed E-state index contributed by atoms with van der Waals surface area (Å²) < 4.78 is 55.7. The van der Waals surface area contributed by atoms with E-state index < -0.39 is 23.6 Å². The van der Waals surface area contributed by atoms with Gasteiger partial charge in [-0.1, -0.05) is 68.0 Å². The summed E-state index contributed by atoms with van der Waals surface area (Å²) in [5.74, 6) is -1.43. The minimum Gasteiger partial charge on any atom is -0.493 e. The number of aliphatic hydroxyl groups is 1. The fraction of sp³-hybridized carbons (Fsp3) is 0.212. The highest BCUT2D eigenvalue weighted by Gasteiger charge is 2.17. The van der Waals surface area contributed by atoms with Gasteiger partial charge in [-0.2, -0.15) is 0 Å². The number of ether oxygens (including phenoxy) is 2. The maximum absolute atomic E-state index is 15.1. The molecule has 0 aromatic heterocycles. The number of hydrogen-bond acceptors (Lipinski definition) is 3. The van der Waals surface area contributed by atoms with Crippen molar-refractivity contribution >= 4 is 0 Å². The molecule has 4 aromatic carbocycles. The normalized spacial score (nSPS) is 11.7. The molecule has 0 fully saturated rings. The van der Waals surface area contributed by atoms with E-state index in [9.17, 15) is 9.50 Å². The van der Waals surface area contributed by atoms with E-state index in [0.29, 0.717) is 47.6 Å². The summed E-state index contributed by atoms with van der Waals surface area (Å²) in [5, 5.41) is 10.1. The molecule has 4 aromatic rings. The van der Waals surface area contributed by atoms with Crippen LogP contribution >= 0.6 is 0 Å². The zero-order valence-corrected chi connectivity index (χ0v) is 21.8. The Morgan fingerprint density at radius 3 is 1.95 bits per heavy atom. The lowest BCUT2D eigenvalue weighted by Crippen LogP contribution is -2.01. The van der Waals surface area contributed by atoms with Crippen LogP contribution < -0.4 is 9.47 Å². The van der Waals surface area contributed by atoms with Gasteiger partial charge in [0.15, 0.2) is 11.6 Å². The van der Waals surface area contributed by atoms with Crippen LogP contribution in [0.15, 0.2) is 91.5 Å². The number of halogens is 3. The van der Waals surface area contributed by atoms with Crippen molar-refractivity contribution in [3.63, 3.8) is 0 Å². The van der Waals surface area contributed by atoms with Crippen LogP contribution in [0.3, 0.4) is 0 Å². The first-order valence-electron chi connectivity index (χ1n) is 12.9. The van der Waals surface area contributed by atoms with Crippen molar-refractivity contribution in [3.05, 3.63) is 120 Å². The van der Waals surface area contributed by atoms with Crippen LogP contribution in [0.5, 0.6) is 11.5 Å². The molecule has 0 heterocycles. The second kappa shape index (κ2) is 13.2. The predicted octanol–water partition coefficient (Wildman–Crippen LogP) is 8.81. The fourth-order valence-electron chi connectivity index (χ4n) is 4.21. The molecule has 0 radical (unpaired) electrons. The average molecular weight is 533 g/mol. The molecule has 1 N–H and O–H groups in total. The molecule has 6 heteroatoms. The van der Waals surface area contributed by atoms with Gasteiger partial charge >= 0.3 is 0 Å². The molecule has 0 saturated heterocycles. The summed E-state index contributed by atoms with van der Waals surface area (Å²) in [6, 6.07) is 21.0. The Morgan fingerprint density at radius 2 is 1.38 bits per heavy atom. The van der Waals surface area contributed by atoms with Crippen molar-refractivity contribution in [1.82, 2.24) is 0 Å². The summed E-state index contributed by atoms with van der Waals surface area (Å²) in [4.78, 5) is 0. The summed E-state index contributed by atoms with van der Waals surface area (Å²) >= 11 is 0. The summed E-state index contributed by atoms with van der Waals surface area (Å²) in [6.45, 7) is 6.04. The van der Waals surface area contributed by atoms with Gasteiger partial charge in [-0.25, -0.2) is 13.2 Å². The van der Waals surface area contributed by atoms with Crippen LogP contribution in [0.4, 0.5) is 13.2 Å². The van der Waals surface area contributed by atoms with Crippen LogP contribution in [0.2, 0.25) is 0 Å². The molecule has 0 bridgehead atoms. The van der Waals surface area contributed by atoms with Crippen LogP contribution in [-0.4, -0.2) is 11.7 Å². The third-order valence-electron chi connectivity index (χ3n) is 6.43. The Morgan fingerprint density at radius 1 is 0.795 bits per heavy atom. The van der Waals surface area contributed by atoms with Crippen molar-refractivity contribution in [2.45, 2.75) is 38.9 Å². The monoisotopic (exact) mass is 532 g/mol. The minimum absolute atomic E-state index is 0.00403. The highest BCUT2D eigenvalue weighted by molar-refractivity contribution is 5.72. The van der Waals surface area contributed by atoms with Gasteiger partial charge in [-0.15, -0.1) is 6.58 Å². The molecule has 4 rings (SSSR count). The lowest BCUT2D eigenvalue weighted by atomic mass is 9.97. The van der Waals surface area contributed by atoms with E-state index in [4.69, 9.17) is 9.47 Å². The Bertz CT molecular complexity index is 1400. The molecular weight excluding hydrogens is 501 g/mol. The summed E-state index contributed by atoms with van der Waals surface area (Å²) in [7, 11) is 0. The van der Waals surface area contributed by atoms with Crippen LogP contribution in [0.1, 0.15) is 43.4 Å². The van der Waals surface area contributed by atoms with Crippen molar-refractivity contribution in [1.29, 1.82) is 0 Å². The van der Waals surface area contributed by atoms with Crippen molar-refractivity contribution in [3.8, 4) is 33.8 Å². The maximum Gasteiger partial charge on any atom is 0.167 e. The fourth-order valence-corrected chi connectivity index (χ4v) is 4.21. The second-order valence-electron chi connectivity index (χ2n) is 9.21. The molecule has 1 atom stereocenters. The molecule has 0 aliphatic rings. The van der Waals surface area contributed by atoms with Crippen LogP contribution in [0.25, 0.3) is 22.3 Å². The van der Waals surface area contributed by atoms with E-state index >= 15 is 8.78 Å². The van der Waals surface area contributed by atoms with Gasteiger partial charge < -0.3 is 14.6 Å². The van der Waals surface area contributed by atoms with Gasteiger partial charge in [0.05, 0.1) is 12.7 Å². The van der Waals surface area contributed by atoms with E-state index in [1.54, 1.807) is 72.8 Å². The first kappa shape index (κ1) is 28.0. The Balaban J connectivity index is 1.43. The molecule has 0 spiro atoms. The van der Waals surface area contributed by atoms with Gasteiger partial charge in [0, 0.05) is 22.8 Å². The quantitative estimate of drug-likeness (QED) is 0.146. The third kappa shape index (κ3) is 6.89. The largest absolute Gasteiger partial charge is 0.493 e. The number of benzene rings is 4. The first-order chi connectivity index (χ1) is 18.9. The molecule has 202 valence electrons. The van der Waals surface area contributed by atoms with Gasteiger partial charge in [-0.3, -0.25) is 0 Å². The lowest BCUT2D eigenvalue weighted by Gasteiger charge is -2.13. The van der Waals surface area contributed by atoms with Crippen molar-refractivity contribution in [2.75, 3.05) is 6.61 Å². The van der Waals surface area contributed by atoms with E-state index in [1.807, 2.05) is 6.92 Å². The van der Waals surface area contributed by atoms with E-state index in [1.165, 1.54) is 12.1 Å². The third-order valence-corrected chi connectivity index (χ3v) is 6.43. The summed E-state index contributed by atoms with van der Waals surface area (Å²) in [6.07, 6.45) is 3.30. The number of aliphatic hydroxyl groups excluding tert-OH is 1.